The molecule has 0 unspecified atom stereocenters. The number of benzene rings is 4. The van der Waals surface area contributed by atoms with E-state index in [9.17, 15) is 5.26 Å². The summed E-state index contributed by atoms with van der Waals surface area (Å²) in [6.45, 7) is 3.90. The molecule has 0 aliphatic carbocycles. The Kier molecular flexibility index (Phi) is 5.62. The second-order valence-electron chi connectivity index (χ2n) is 9.58. The van der Waals surface area contributed by atoms with Crippen molar-refractivity contribution in [3.05, 3.63) is 146 Å². The first-order valence-electron chi connectivity index (χ1n) is 13.2. The lowest BCUT2D eigenvalue weighted by Gasteiger charge is -2.16. The van der Waals surface area contributed by atoms with Crippen LogP contribution in [0.5, 0.6) is 0 Å². The minimum atomic E-state index is 0.474. The van der Waals surface area contributed by atoms with Crippen molar-refractivity contribution < 1.29 is 0 Å². The molecule has 4 aromatic carbocycles. The molecular weight excluding hydrogens is 488 g/mol. The maximum Gasteiger partial charge on any atom is 0.107 e. The largest absolute Gasteiger partial charge is 0.308 e. The number of aromatic nitrogens is 3. The van der Waals surface area contributed by atoms with E-state index in [2.05, 4.69) is 82.4 Å². The lowest BCUT2D eigenvalue weighted by Crippen LogP contribution is -2.05. The van der Waals surface area contributed by atoms with Gasteiger partial charge in [-0.05, 0) is 42.5 Å². The van der Waals surface area contributed by atoms with Gasteiger partial charge < -0.3 is 9.13 Å². The molecule has 0 atom stereocenters. The molecule has 7 rings (SSSR count). The Morgan fingerprint density at radius 2 is 1.18 bits per heavy atom. The second-order valence-corrected chi connectivity index (χ2v) is 9.58. The van der Waals surface area contributed by atoms with Crippen LogP contribution < -0.4 is 0 Å². The van der Waals surface area contributed by atoms with Crippen molar-refractivity contribution in [1.82, 2.24) is 14.1 Å². The lowest BCUT2D eigenvalue weighted by atomic mass is 10.1. The van der Waals surface area contributed by atoms with Gasteiger partial charge in [0.2, 0.25) is 0 Å². The molecule has 3 aromatic heterocycles. The van der Waals surface area contributed by atoms with Crippen LogP contribution in [0.15, 0.2) is 140 Å². The Balaban J connectivity index is 1.61. The third kappa shape index (κ3) is 3.49. The van der Waals surface area contributed by atoms with E-state index < -0.39 is 0 Å². The minimum absolute atomic E-state index is 0.474. The van der Waals surface area contributed by atoms with Crippen molar-refractivity contribution in [3.8, 4) is 11.8 Å². The topological polar surface area (TPSA) is 46.5 Å². The second kappa shape index (κ2) is 9.58. The molecule has 0 fully saturated rings. The summed E-state index contributed by atoms with van der Waals surface area (Å²) in [5.74, 6) is 0. The number of nitrogens with zero attached hydrogens (tertiary/aromatic N) is 4. The molecule has 3 heterocycles. The van der Waals surface area contributed by atoms with Gasteiger partial charge in [0.05, 0.1) is 33.5 Å². The third-order valence-corrected chi connectivity index (χ3v) is 7.42. The first-order valence-corrected chi connectivity index (χ1v) is 13.2. The number of hydrogen-bond donors (Lipinski definition) is 0. The van der Waals surface area contributed by atoms with Crippen molar-refractivity contribution in [2.45, 2.75) is 0 Å². The van der Waals surface area contributed by atoms with E-state index in [1.165, 1.54) is 0 Å². The van der Waals surface area contributed by atoms with Crippen molar-refractivity contribution in [2.75, 3.05) is 0 Å². The van der Waals surface area contributed by atoms with E-state index in [1.54, 1.807) is 12.3 Å². The highest BCUT2D eigenvalue weighted by Crippen LogP contribution is 2.38. The molecule has 0 N–H and O–H groups in total. The maximum absolute atomic E-state index is 10.8. The molecule has 0 aliphatic heterocycles. The first kappa shape index (κ1) is 23.5. The van der Waals surface area contributed by atoms with Gasteiger partial charge in [0, 0.05) is 27.7 Å². The highest BCUT2D eigenvalue weighted by Gasteiger charge is 2.21. The number of pyridine rings is 1. The smallest absolute Gasteiger partial charge is 0.107 e. The fraction of sp³-hybridized carbons (Fsp3) is 0. The van der Waals surface area contributed by atoms with Crippen LogP contribution >= 0.6 is 0 Å². The van der Waals surface area contributed by atoms with Gasteiger partial charge >= 0.3 is 0 Å². The highest BCUT2D eigenvalue weighted by atomic mass is 15.0. The molecule has 0 amide bonds. The zero-order valence-electron chi connectivity index (χ0n) is 21.7. The summed E-state index contributed by atoms with van der Waals surface area (Å²) in [5, 5.41) is 15.4. The van der Waals surface area contributed by atoms with E-state index >= 15 is 0 Å². The Hall–Kier alpha value is -5.66. The fourth-order valence-corrected chi connectivity index (χ4v) is 5.79. The molecule has 0 aliphatic rings. The Morgan fingerprint density at radius 1 is 0.675 bits per heavy atom. The number of allylic oxidation sites excluding steroid dienone is 5. The van der Waals surface area contributed by atoms with Gasteiger partial charge in [0.15, 0.2) is 0 Å². The molecule has 0 spiro atoms. The number of nitriles is 1. The van der Waals surface area contributed by atoms with Gasteiger partial charge in [-0.15, -0.1) is 0 Å². The van der Waals surface area contributed by atoms with Crippen molar-refractivity contribution in [2.24, 2.45) is 0 Å². The number of fused-ring (bicyclic) bond motifs is 6. The zero-order valence-corrected chi connectivity index (χ0v) is 21.7. The molecule has 0 radical (unpaired) electrons. The minimum Gasteiger partial charge on any atom is -0.308 e. The van der Waals surface area contributed by atoms with Crippen LogP contribution in [0.2, 0.25) is 0 Å². The summed E-state index contributed by atoms with van der Waals surface area (Å²) in [4.78, 5) is 4.84. The monoisotopic (exact) mass is 512 g/mol. The quantitative estimate of drug-likeness (QED) is 0.171. The Labute approximate surface area is 231 Å². The van der Waals surface area contributed by atoms with Crippen molar-refractivity contribution in [3.63, 3.8) is 0 Å². The van der Waals surface area contributed by atoms with Crippen molar-refractivity contribution >= 4 is 54.9 Å². The molecule has 0 saturated carbocycles. The molecule has 188 valence electrons. The Bertz CT molecular complexity index is 2090. The molecule has 7 aromatic rings. The van der Waals surface area contributed by atoms with Crippen LogP contribution in [0, 0.1) is 11.3 Å². The third-order valence-electron chi connectivity index (χ3n) is 7.42. The van der Waals surface area contributed by atoms with Crippen LogP contribution in [0.25, 0.3) is 60.6 Å². The zero-order chi connectivity index (χ0) is 27.1. The van der Waals surface area contributed by atoms with E-state index in [1.807, 2.05) is 60.7 Å². The highest BCUT2D eigenvalue weighted by molar-refractivity contribution is 6.13. The molecule has 4 nitrogen and oxygen atoms in total. The Morgan fingerprint density at radius 3 is 1.70 bits per heavy atom. The maximum atomic E-state index is 10.8. The van der Waals surface area contributed by atoms with Gasteiger partial charge in [-0.1, -0.05) is 91.5 Å². The van der Waals surface area contributed by atoms with E-state index in [-0.39, 0.29) is 0 Å². The molecule has 0 bridgehead atoms. The lowest BCUT2D eigenvalue weighted by molar-refractivity contribution is 1.12. The fourth-order valence-electron chi connectivity index (χ4n) is 5.79. The number of rotatable bonds is 5. The summed E-state index contributed by atoms with van der Waals surface area (Å²) in [6.07, 6.45) is 7.31. The van der Waals surface area contributed by atoms with Gasteiger partial charge in [0.1, 0.15) is 17.3 Å². The van der Waals surface area contributed by atoms with Gasteiger partial charge in [-0.25, -0.2) is 0 Å². The average Bonchev–Trinajstić information content (AvgIpc) is 3.53. The van der Waals surface area contributed by atoms with Crippen LogP contribution in [0.3, 0.4) is 0 Å². The van der Waals surface area contributed by atoms with E-state index in [0.717, 1.165) is 55.0 Å². The van der Waals surface area contributed by atoms with Crippen LogP contribution in [-0.2, 0) is 0 Å². The van der Waals surface area contributed by atoms with Crippen LogP contribution in [-0.4, -0.2) is 14.1 Å². The van der Waals surface area contributed by atoms with Crippen LogP contribution in [0.4, 0.5) is 0 Å². The van der Waals surface area contributed by atoms with Gasteiger partial charge in [0.25, 0.3) is 0 Å². The predicted octanol–water partition coefficient (Wildman–Crippen LogP) is 8.92. The molecular formula is C36H24N4. The summed E-state index contributed by atoms with van der Waals surface area (Å²) >= 11 is 0. The average molecular weight is 513 g/mol. The normalized spacial score (nSPS) is 12.4. The van der Waals surface area contributed by atoms with E-state index in [0.29, 0.717) is 11.3 Å². The van der Waals surface area contributed by atoms with Gasteiger partial charge in [-0.2, -0.15) is 5.26 Å². The molecule has 40 heavy (non-hydrogen) atoms. The van der Waals surface area contributed by atoms with Crippen molar-refractivity contribution in [1.29, 1.82) is 5.26 Å². The summed E-state index contributed by atoms with van der Waals surface area (Å²) < 4.78 is 4.37. The number of hydrogen-bond acceptors (Lipinski definition) is 2. The van der Waals surface area contributed by atoms with Crippen LogP contribution in [0.1, 0.15) is 5.69 Å². The van der Waals surface area contributed by atoms with Gasteiger partial charge in [-0.3, -0.25) is 4.98 Å². The standard InChI is InChI=1S/C36H24N4/c1-2-3-17-34(39-30-18-8-4-13-25(30)26-14-5-9-19-31(26)39)29(24-37)36-35(22-12-23-38-36)40-32-20-10-6-15-27(32)28-16-7-11-21-33(28)40/h2-23H,1H2/b17-3-,34-29-. The predicted molar refractivity (Wildman–Crippen MR) is 166 cm³/mol. The molecule has 4 heteroatoms. The SMILES string of the molecule is C=C/C=C\C(=C(/C#N)c1ncccc1-n1c2ccccc2c2ccccc21)n1c2ccccc2c2ccccc21. The summed E-state index contributed by atoms with van der Waals surface area (Å²) in [6, 6.07) is 39.8. The summed E-state index contributed by atoms with van der Waals surface area (Å²) in [7, 11) is 0. The molecule has 0 saturated heterocycles. The van der Waals surface area contributed by atoms with E-state index in [4.69, 9.17) is 4.98 Å². The number of para-hydroxylation sites is 4. The summed E-state index contributed by atoms with van der Waals surface area (Å²) in [5.41, 5.74) is 6.85. The first-order chi connectivity index (χ1) is 19.8.